The molecule has 4 N–H and O–H groups in total. The van der Waals surface area contributed by atoms with Crippen LogP contribution in [0.5, 0.6) is 23.0 Å². The highest BCUT2D eigenvalue weighted by molar-refractivity contribution is 5.88. The maximum absolute atomic E-state index is 12.9. The molecular formula is C52H86O9. The molecule has 0 spiro atoms. The van der Waals surface area contributed by atoms with E-state index in [0.29, 0.717) is 43.8 Å². The van der Waals surface area contributed by atoms with Gasteiger partial charge >= 0.3 is 5.97 Å². The zero-order valence-corrected chi connectivity index (χ0v) is 40.2. The van der Waals surface area contributed by atoms with Crippen LogP contribution in [0.3, 0.4) is 0 Å². The van der Waals surface area contributed by atoms with Crippen LogP contribution in [0.4, 0.5) is 0 Å². The maximum Gasteiger partial charge on any atom is 0.347 e. The average molecular weight is 855 g/mol. The van der Waals surface area contributed by atoms with Crippen LogP contribution in [0, 0.1) is 41.5 Å². The standard InChI is InChI=1S/C26H42O4.C14H18O4.C12H26O/c1-6-7-8-12-17-29-18-13-10-9-11-14-23(27)26(5)16-15-22-21(4)24(28)19(2)20(3)25(22)30-26;1-7-8(2)12-10(9(3)11(7)15)5-6-14(4,18-12)13(16)17;1-2-3-4-5-6-7-8-9-10-11-12-13/h28H,6-18H2,1-5H3;15H,5-6H2,1-4H3,(H,16,17);13H,2-12H2,1H3/t26-;14-;/m00./s1. The summed E-state index contributed by atoms with van der Waals surface area (Å²) in [6.45, 7) is 21.4. The topological polar surface area (TPSA) is 143 Å². The Labute approximate surface area is 370 Å². The van der Waals surface area contributed by atoms with Gasteiger partial charge < -0.3 is 34.6 Å². The smallest absolute Gasteiger partial charge is 0.347 e. The predicted octanol–water partition coefficient (Wildman–Crippen LogP) is 12.9. The van der Waals surface area contributed by atoms with Crippen molar-refractivity contribution in [3.05, 3.63) is 44.5 Å². The minimum atomic E-state index is -1.17. The Hall–Kier alpha value is -3.30. The van der Waals surface area contributed by atoms with Gasteiger partial charge in [0.2, 0.25) is 5.60 Å². The number of aromatic hydroxyl groups is 2. The third-order valence-electron chi connectivity index (χ3n) is 13.2. The maximum atomic E-state index is 12.9. The van der Waals surface area contributed by atoms with E-state index in [-0.39, 0.29) is 11.5 Å². The molecule has 9 heteroatoms. The first-order valence-corrected chi connectivity index (χ1v) is 24.0. The molecule has 9 nitrogen and oxygen atoms in total. The Morgan fingerprint density at radius 2 is 0.918 bits per heavy atom. The molecule has 0 bridgehead atoms. The van der Waals surface area contributed by atoms with E-state index in [9.17, 15) is 24.9 Å². The van der Waals surface area contributed by atoms with Crippen LogP contribution in [0.2, 0.25) is 0 Å². The van der Waals surface area contributed by atoms with Crippen LogP contribution in [0.25, 0.3) is 0 Å². The van der Waals surface area contributed by atoms with Gasteiger partial charge in [0.25, 0.3) is 0 Å². The second-order valence-corrected chi connectivity index (χ2v) is 18.2. The number of aliphatic hydroxyl groups excluding tert-OH is 1. The van der Waals surface area contributed by atoms with Gasteiger partial charge in [0.15, 0.2) is 11.4 Å². The lowest BCUT2D eigenvalue weighted by atomic mass is 9.84. The summed E-state index contributed by atoms with van der Waals surface area (Å²) in [5.41, 5.74) is 5.09. The number of fused-ring (bicyclic) bond motifs is 2. The molecule has 2 aromatic carbocycles. The number of carbonyl (C=O) groups excluding carboxylic acids is 1. The zero-order valence-electron chi connectivity index (χ0n) is 40.2. The Bertz CT molecular complexity index is 1640. The molecule has 0 radical (unpaired) electrons. The van der Waals surface area contributed by atoms with E-state index in [4.69, 9.17) is 19.3 Å². The van der Waals surface area contributed by atoms with Crippen molar-refractivity contribution in [1.29, 1.82) is 0 Å². The highest BCUT2D eigenvalue weighted by Crippen LogP contribution is 2.45. The van der Waals surface area contributed by atoms with Gasteiger partial charge in [-0.05, 0) is 134 Å². The summed E-state index contributed by atoms with van der Waals surface area (Å²) < 4.78 is 17.7. The molecule has 61 heavy (non-hydrogen) atoms. The van der Waals surface area contributed by atoms with Crippen molar-refractivity contribution in [2.75, 3.05) is 19.8 Å². The van der Waals surface area contributed by atoms with Crippen molar-refractivity contribution in [2.45, 2.75) is 228 Å². The van der Waals surface area contributed by atoms with Gasteiger partial charge in [-0.2, -0.15) is 0 Å². The van der Waals surface area contributed by atoms with Crippen molar-refractivity contribution in [3.8, 4) is 23.0 Å². The van der Waals surface area contributed by atoms with Crippen molar-refractivity contribution in [2.24, 2.45) is 0 Å². The van der Waals surface area contributed by atoms with Crippen LogP contribution >= 0.6 is 0 Å². The van der Waals surface area contributed by atoms with Gasteiger partial charge in [0.05, 0.1) is 0 Å². The van der Waals surface area contributed by atoms with Crippen LogP contribution in [-0.2, 0) is 27.2 Å². The molecule has 4 rings (SSSR count). The van der Waals surface area contributed by atoms with Crippen molar-refractivity contribution in [3.63, 3.8) is 0 Å². The number of phenols is 2. The number of aliphatic hydroxyl groups is 1. The number of carbonyl (C=O) groups is 2. The van der Waals surface area contributed by atoms with Gasteiger partial charge in [-0.1, -0.05) is 104 Å². The highest BCUT2D eigenvalue weighted by Gasteiger charge is 2.41. The monoisotopic (exact) mass is 855 g/mol. The average Bonchev–Trinajstić information content (AvgIpc) is 3.25. The summed E-state index contributed by atoms with van der Waals surface area (Å²) in [5, 5.41) is 38.1. The Kier molecular flexibility index (Phi) is 24.4. The summed E-state index contributed by atoms with van der Waals surface area (Å²) in [6.07, 6.45) is 25.5. The molecule has 0 amide bonds. The zero-order chi connectivity index (χ0) is 45.6. The molecule has 0 aliphatic carbocycles. The molecule has 2 aliphatic heterocycles. The number of ketones is 1. The number of carboxylic acids is 1. The Balaban J connectivity index is 0.000000350. The van der Waals surface area contributed by atoms with Crippen LogP contribution in [-0.4, -0.2) is 63.2 Å². The Morgan fingerprint density at radius 1 is 0.541 bits per heavy atom. The van der Waals surface area contributed by atoms with Gasteiger partial charge in [-0.3, -0.25) is 4.79 Å². The number of phenolic OH excluding ortho intramolecular Hbond substituents is 2. The third-order valence-corrected chi connectivity index (χ3v) is 13.2. The second kappa shape index (κ2) is 27.7. The van der Waals surface area contributed by atoms with E-state index in [1.54, 1.807) is 6.92 Å². The molecule has 0 saturated carbocycles. The lowest BCUT2D eigenvalue weighted by Crippen LogP contribution is -2.44. The van der Waals surface area contributed by atoms with E-state index in [0.717, 1.165) is 102 Å². The fraction of sp³-hybridized carbons (Fsp3) is 0.731. The highest BCUT2D eigenvalue weighted by atomic mass is 16.5. The van der Waals surface area contributed by atoms with Crippen LogP contribution in [0.15, 0.2) is 0 Å². The molecule has 0 unspecified atom stereocenters. The summed E-state index contributed by atoms with van der Waals surface area (Å²) in [5.74, 6) is 1.32. The minimum Gasteiger partial charge on any atom is -0.507 e. The fourth-order valence-electron chi connectivity index (χ4n) is 8.28. The second-order valence-electron chi connectivity index (χ2n) is 18.2. The number of Topliss-reactive ketones (excluding diaryl/α,β-unsaturated/α-hetero) is 1. The van der Waals surface area contributed by atoms with Gasteiger partial charge in [0, 0.05) is 43.8 Å². The Morgan fingerprint density at radius 3 is 1.36 bits per heavy atom. The lowest BCUT2D eigenvalue weighted by molar-refractivity contribution is -0.155. The van der Waals surface area contributed by atoms with Crippen molar-refractivity contribution >= 4 is 11.8 Å². The molecule has 348 valence electrons. The molecule has 0 aromatic heterocycles. The molecule has 2 aromatic rings. The van der Waals surface area contributed by atoms with E-state index >= 15 is 0 Å². The number of carboxylic acid groups (broad SMARTS) is 1. The molecule has 2 heterocycles. The number of ether oxygens (including phenoxy) is 3. The molecular weight excluding hydrogens is 769 g/mol. The third kappa shape index (κ3) is 16.4. The van der Waals surface area contributed by atoms with Crippen molar-refractivity contribution < 1.29 is 44.2 Å². The van der Waals surface area contributed by atoms with E-state index < -0.39 is 17.2 Å². The van der Waals surface area contributed by atoms with Gasteiger partial charge in [-0.25, -0.2) is 4.79 Å². The number of benzene rings is 2. The first kappa shape index (κ1) is 53.8. The van der Waals surface area contributed by atoms with Gasteiger partial charge in [0.1, 0.15) is 23.0 Å². The van der Waals surface area contributed by atoms with Crippen molar-refractivity contribution in [1.82, 2.24) is 0 Å². The molecule has 2 atom stereocenters. The minimum absolute atomic E-state index is 0.197. The van der Waals surface area contributed by atoms with E-state index in [1.807, 2.05) is 48.5 Å². The summed E-state index contributed by atoms with van der Waals surface area (Å²) in [7, 11) is 0. The molecule has 0 saturated heterocycles. The number of hydrogen-bond donors (Lipinski definition) is 4. The summed E-state index contributed by atoms with van der Waals surface area (Å²) >= 11 is 0. The van der Waals surface area contributed by atoms with Crippen LogP contribution < -0.4 is 9.47 Å². The molecule has 0 fully saturated rings. The number of hydrogen-bond acceptors (Lipinski definition) is 8. The van der Waals surface area contributed by atoms with Crippen LogP contribution in [0.1, 0.15) is 207 Å². The summed E-state index contributed by atoms with van der Waals surface area (Å²) in [6, 6.07) is 0. The largest absolute Gasteiger partial charge is 0.507 e. The van der Waals surface area contributed by atoms with Gasteiger partial charge in [-0.15, -0.1) is 0 Å². The SMILES string of the molecule is CCCCCCCCCCCCO.CCCCCCOCCCCCCC(=O)[C@]1(C)CCc2c(C)c(O)c(C)c(C)c2O1.Cc1c(C)c2c(c(C)c1O)CC[C@@](C)(C(=O)O)O2. The number of aliphatic carboxylic acids is 1. The number of unbranched alkanes of at least 4 members (excludes halogenated alkanes) is 15. The lowest BCUT2D eigenvalue weighted by Gasteiger charge is -2.36. The van der Waals surface area contributed by atoms with E-state index in [1.165, 1.54) is 83.5 Å². The first-order valence-electron chi connectivity index (χ1n) is 24.0. The quantitative estimate of drug-likeness (QED) is 0.0759. The first-order chi connectivity index (χ1) is 29.0. The predicted molar refractivity (Wildman–Crippen MR) is 249 cm³/mol. The summed E-state index contributed by atoms with van der Waals surface area (Å²) in [4.78, 5) is 24.2. The fourth-order valence-corrected chi connectivity index (χ4v) is 8.28. The molecule has 2 aliphatic rings. The van der Waals surface area contributed by atoms with E-state index in [2.05, 4.69) is 13.8 Å². The number of rotatable bonds is 24. The normalized spacial score (nSPS) is 17.8.